The Labute approximate surface area is 75.1 Å². The van der Waals surface area contributed by atoms with Crippen molar-refractivity contribution in [3.05, 3.63) is 0 Å². The zero-order chi connectivity index (χ0) is 7.61. The van der Waals surface area contributed by atoms with Gasteiger partial charge in [-0.25, -0.2) is 0 Å². The maximum Gasteiger partial charge on any atom is 0.0630 e. The SMILES string of the molecule is CNCC1COC(C)(C)C1.Cl. The molecule has 1 fully saturated rings. The highest BCUT2D eigenvalue weighted by molar-refractivity contribution is 5.85. The van der Waals surface area contributed by atoms with E-state index in [-0.39, 0.29) is 18.0 Å². The predicted molar refractivity (Wildman–Crippen MR) is 49.3 cm³/mol. The summed E-state index contributed by atoms with van der Waals surface area (Å²) in [6.07, 6.45) is 1.19. The highest BCUT2D eigenvalue weighted by Crippen LogP contribution is 2.28. The van der Waals surface area contributed by atoms with Crippen LogP contribution in [0.3, 0.4) is 0 Å². The van der Waals surface area contributed by atoms with Crippen molar-refractivity contribution in [2.24, 2.45) is 5.92 Å². The number of hydrogen-bond donors (Lipinski definition) is 1. The van der Waals surface area contributed by atoms with Crippen LogP contribution >= 0.6 is 12.4 Å². The fraction of sp³-hybridized carbons (Fsp3) is 1.00. The third-order valence-corrected chi connectivity index (χ3v) is 1.98. The van der Waals surface area contributed by atoms with Crippen molar-refractivity contribution in [2.45, 2.75) is 25.9 Å². The molecule has 11 heavy (non-hydrogen) atoms. The van der Waals surface area contributed by atoms with E-state index in [1.54, 1.807) is 0 Å². The van der Waals surface area contributed by atoms with Gasteiger partial charge in [-0.3, -0.25) is 0 Å². The summed E-state index contributed by atoms with van der Waals surface area (Å²) in [5.41, 5.74) is 0.127. The van der Waals surface area contributed by atoms with E-state index in [0.717, 1.165) is 19.1 Å². The third kappa shape index (κ3) is 3.41. The van der Waals surface area contributed by atoms with E-state index in [9.17, 15) is 0 Å². The van der Waals surface area contributed by atoms with Gasteiger partial charge in [0.15, 0.2) is 0 Å². The van der Waals surface area contributed by atoms with E-state index in [0.29, 0.717) is 0 Å². The molecular formula is C8H18ClNO. The first-order valence-corrected chi connectivity index (χ1v) is 3.92. The number of nitrogens with one attached hydrogen (secondary N) is 1. The van der Waals surface area contributed by atoms with Crippen LogP contribution < -0.4 is 5.32 Å². The molecule has 0 aromatic rings. The second-order valence-corrected chi connectivity index (χ2v) is 3.70. The van der Waals surface area contributed by atoms with Crippen LogP contribution in [0, 0.1) is 5.92 Å². The van der Waals surface area contributed by atoms with E-state index in [1.807, 2.05) is 7.05 Å². The van der Waals surface area contributed by atoms with Gasteiger partial charge in [0.2, 0.25) is 0 Å². The molecule has 0 saturated carbocycles. The molecule has 1 aliphatic rings. The monoisotopic (exact) mass is 179 g/mol. The van der Waals surface area contributed by atoms with E-state index in [1.165, 1.54) is 6.42 Å². The highest BCUT2D eigenvalue weighted by Gasteiger charge is 2.30. The van der Waals surface area contributed by atoms with Crippen LogP contribution in [-0.2, 0) is 4.74 Å². The van der Waals surface area contributed by atoms with Crippen LogP contribution in [0.5, 0.6) is 0 Å². The van der Waals surface area contributed by atoms with E-state index in [4.69, 9.17) is 4.74 Å². The van der Waals surface area contributed by atoms with E-state index >= 15 is 0 Å². The first-order valence-electron chi connectivity index (χ1n) is 3.92. The van der Waals surface area contributed by atoms with Crippen LogP contribution in [0.2, 0.25) is 0 Å². The lowest BCUT2D eigenvalue weighted by Crippen LogP contribution is -2.20. The summed E-state index contributed by atoms with van der Waals surface area (Å²) in [6, 6.07) is 0. The largest absolute Gasteiger partial charge is 0.375 e. The lowest BCUT2D eigenvalue weighted by atomic mass is 9.98. The topological polar surface area (TPSA) is 21.3 Å². The Kier molecular flexibility index (Phi) is 4.37. The molecule has 1 aliphatic heterocycles. The van der Waals surface area contributed by atoms with E-state index < -0.39 is 0 Å². The summed E-state index contributed by atoms with van der Waals surface area (Å²) in [7, 11) is 1.99. The molecule has 2 nitrogen and oxygen atoms in total. The predicted octanol–water partition coefficient (Wildman–Crippen LogP) is 1.44. The molecule has 68 valence electrons. The second-order valence-electron chi connectivity index (χ2n) is 3.70. The maximum absolute atomic E-state index is 5.57. The van der Waals surface area contributed by atoms with Gasteiger partial charge in [0.1, 0.15) is 0 Å². The Balaban J connectivity index is 0.000001000. The quantitative estimate of drug-likeness (QED) is 0.693. The van der Waals surface area contributed by atoms with Gasteiger partial charge in [-0.15, -0.1) is 12.4 Å². The Morgan fingerprint density at radius 2 is 2.18 bits per heavy atom. The number of hydrogen-bond acceptors (Lipinski definition) is 2. The highest BCUT2D eigenvalue weighted by atomic mass is 35.5. The van der Waals surface area contributed by atoms with Gasteiger partial charge in [-0.1, -0.05) is 0 Å². The van der Waals surface area contributed by atoms with Crippen molar-refractivity contribution in [1.82, 2.24) is 5.32 Å². The van der Waals surface area contributed by atoms with Gasteiger partial charge in [-0.05, 0) is 39.8 Å². The average Bonchev–Trinajstić information content (AvgIpc) is 2.12. The van der Waals surface area contributed by atoms with Crippen LogP contribution in [0.4, 0.5) is 0 Å². The smallest absolute Gasteiger partial charge is 0.0630 e. The molecule has 0 aromatic carbocycles. The van der Waals surface area contributed by atoms with Gasteiger partial charge in [0.25, 0.3) is 0 Å². The molecule has 0 aromatic heterocycles. The van der Waals surface area contributed by atoms with Crippen molar-refractivity contribution in [3.63, 3.8) is 0 Å². The summed E-state index contributed by atoms with van der Waals surface area (Å²) in [6.45, 7) is 6.32. The lowest BCUT2D eigenvalue weighted by molar-refractivity contribution is 0.0350. The van der Waals surface area contributed by atoms with Crippen molar-refractivity contribution in [1.29, 1.82) is 0 Å². The minimum atomic E-state index is 0. The van der Waals surface area contributed by atoms with Crippen LogP contribution in [0.1, 0.15) is 20.3 Å². The maximum atomic E-state index is 5.57. The van der Waals surface area contributed by atoms with Crippen LogP contribution in [-0.4, -0.2) is 25.8 Å². The standard InChI is InChI=1S/C8H17NO.ClH/c1-8(2)4-7(5-9-3)6-10-8;/h7,9H,4-6H2,1-3H3;1H. The summed E-state index contributed by atoms with van der Waals surface area (Å²) in [4.78, 5) is 0. The van der Waals surface area contributed by atoms with Crippen molar-refractivity contribution in [2.75, 3.05) is 20.2 Å². The fourth-order valence-corrected chi connectivity index (χ4v) is 1.58. The molecule has 0 amide bonds. The van der Waals surface area contributed by atoms with Gasteiger partial charge in [0.05, 0.1) is 12.2 Å². The molecule has 1 N–H and O–H groups in total. The second kappa shape index (κ2) is 4.29. The molecule has 1 rings (SSSR count). The lowest BCUT2D eigenvalue weighted by Gasteiger charge is -2.15. The fourth-order valence-electron chi connectivity index (χ4n) is 1.58. The van der Waals surface area contributed by atoms with Gasteiger partial charge < -0.3 is 10.1 Å². The summed E-state index contributed by atoms with van der Waals surface area (Å²) in [5, 5.41) is 3.17. The average molecular weight is 180 g/mol. The van der Waals surface area contributed by atoms with Gasteiger partial charge >= 0.3 is 0 Å². The molecule has 1 atom stereocenters. The molecule has 0 radical (unpaired) electrons. The minimum absolute atomic E-state index is 0. The van der Waals surface area contributed by atoms with Gasteiger partial charge in [0, 0.05) is 0 Å². The summed E-state index contributed by atoms with van der Waals surface area (Å²) in [5.74, 6) is 0.722. The molecular weight excluding hydrogens is 162 g/mol. The number of halogens is 1. The molecule has 3 heteroatoms. The Hall–Kier alpha value is 0.210. The normalized spacial score (nSPS) is 28.1. The Morgan fingerprint density at radius 3 is 2.55 bits per heavy atom. The molecule has 0 bridgehead atoms. The Morgan fingerprint density at radius 1 is 1.55 bits per heavy atom. The first-order chi connectivity index (χ1) is 4.64. The third-order valence-electron chi connectivity index (χ3n) is 1.98. The molecule has 1 heterocycles. The van der Waals surface area contributed by atoms with E-state index in [2.05, 4.69) is 19.2 Å². The first kappa shape index (κ1) is 11.2. The molecule has 1 saturated heterocycles. The summed E-state index contributed by atoms with van der Waals surface area (Å²) < 4.78 is 5.57. The number of ether oxygens (including phenoxy) is 1. The number of rotatable bonds is 2. The molecule has 0 aliphatic carbocycles. The Bertz CT molecular complexity index is 117. The van der Waals surface area contributed by atoms with Gasteiger partial charge in [-0.2, -0.15) is 0 Å². The van der Waals surface area contributed by atoms with Crippen molar-refractivity contribution >= 4 is 12.4 Å². The molecule has 0 spiro atoms. The van der Waals surface area contributed by atoms with Crippen LogP contribution in [0.15, 0.2) is 0 Å². The zero-order valence-electron chi connectivity index (χ0n) is 7.52. The van der Waals surface area contributed by atoms with Crippen LogP contribution in [0.25, 0.3) is 0 Å². The van der Waals surface area contributed by atoms with Crippen molar-refractivity contribution in [3.8, 4) is 0 Å². The molecule has 1 unspecified atom stereocenters. The minimum Gasteiger partial charge on any atom is -0.375 e. The van der Waals surface area contributed by atoms with Crippen molar-refractivity contribution < 1.29 is 4.74 Å². The summed E-state index contributed by atoms with van der Waals surface area (Å²) >= 11 is 0. The zero-order valence-corrected chi connectivity index (χ0v) is 8.33.